The molecule has 0 aliphatic carbocycles. The van der Waals surface area contributed by atoms with Gasteiger partial charge in [0.05, 0.1) is 39.1 Å². The molecular formula is C19H22ClN4O3S+. The van der Waals surface area contributed by atoms with Crippen LogP contribution in [0.4, 0.5) is 0 Å². The Hall–Kier alpha value is -1.71. The number of aryl methyl sites for hydroxylation is 1. The number of hydrogen-bond acceptors (Lipinski definition) is 6. The third-order valence-electron chi connectivity index (χ3n) is 5.65. The van der Waals surface area contributed by atoms with Gasteiger partial charge in [0, 0.05) is 10.6 Å². The largest absolute Gasteiger partial charge is 0.492 e. The van der Waals surface area contributed by atoms with Crippen LogP contribution in [0.1, 0.15) is 35.1 Å². The molecule has 2 aromatic heterocycles. The number of benzene rings is 1. The molecule has 7 nitrogen and oxygen atoms in total. The molecule has 3 aromatic rings. The summed E-state index contributed by atoms with van der Waals surface area (Å²) >= 11 is 7.61. The summed E-state index contributed by atoms with van der Waals surface area (Å²) in [7, 11) is 0. The van der Waals surface area contributed by atoms with E-state index in [-0.39, 0.29) is 11.9 Å². The Kier molecular flexibility index (Phi) is 4.56. The Morgan fingerprint density at radius 3 is 2.54 bits per heavy atom. The first-order chi connectivity index (χ1) is 13.5. The molecule has 0 saturated carbocycles. The number of ether oxygens (including phenoxy) is 2. The molecular weight excluding hydrogens is 400 g/mol. The van der Waals surface area contributed by atoms with Gasteiger partial charge in [-0.15, -0.1) is 5.10 Å². The first-order valence-corrected chi connectivity index (χ1v) is 10.7. The molecule has 1 aromatic carbocycles. The minimum absolute atomic E-state index is 0.0233. The summed E-state index contributed by atoms with van der Waals surface area (Å²) in [5.41, 5.74) is 1.11. The third kappa shape index (κ3) is 3.09. The van der Waals surface area contributed by atoms with Crippen LogP contribution in [0.5, 0.6) is 5.88 Å². The summed E-state index contributed by atoms with van der Waals surface area (Å²) in [6, 6.07) is 7.85. The minimum Gasteiger partial charge on any atom is -0.492 e. The van der Waals surface area contributed by atoms with Crippen molar-refractivity contribution in [2.75, 3.05) is 26.3 Å². The molecule has 1 atom stereocenters. The van der Waals surface area contributed by atoms with Crippen molar-refractivity contribution in [3.8, 4) is 5.88 Å². The Bertz CT molecular complexity index is 987. The van der Waals surface area contributed by atoms with Crippen molar-refractivity contribution < 1.29 is 19.5 Å². The van der Waals surface area contributed by atoms with Gasteiger partial charge in [0.25, 0.3) is 0 Å². The highest BCUT2D eigenvalue weighted by atomic mass is 35.5. The topological polar surface area (TPSA) is 73.3 Å². The molecule has 0 radical (unpaired) electrons. The predicted molar refractivity (Wildman–Crippen MR) is 105 cm³/mol. The lowest BCUT2D eigenvalue weighted by Gasteiger charge is -2.38. The zero-order chi connectivity index (χ0) is 19.3. The number of fused-ring (bicyclic) bond motifs is 1. The van der Waals surface area contributed by atoms with Gasteiger partial charge in [0.15, 0.2) is 11.8 Å². The molecule has 0 bridgehead atoms. The Labute approximate surface area is 171 Å². The smallest absolute Gasteiger partial charge is 0.235 e. The molecule has 9 heteroatoms. The molecule has 5 rings (SSSR count). The van der Waals surface area contributed by atoms with Crippen LogP contribution in [0.25, 0.3) is 4.96 Å². The summed E-state index contributed by atoms with van der Waals surface area (Å²) in [5.74, 6) is 0.402. The van der Waals surface area contributed by atoms with Crippen LogP contribution in [0.3, 0.4) is 0 Å². The van der Waals surface area contributed by atoms with Crippen LogP contribution >= 0.6 is 22.9 Å². The van der Waals surface area contributed by atoms with E-state index in [0.29, 0.717) is 29.0 Å². The van der Waals surface area contributed by atoms with E-state index in [0.717, 1.165) is 36.4 Å². The zero-order valence-corrected chi connectivity index (χ0v) is 17.1. The van der Waals surface area contributed by atoms with E-state index >= 15 is 0 Å². The highest BCUT2D eigenvalue weighted by Gasteiger charge is 2.45. The van der Waals surface area contributed by atoms with Gasteiger partial charge in [-0.2, -0.15) is 4.52 Å². The number of halogens is 1. The number of aromatic nitrogens is 3. The molecule has 2 saturated heterocycles. The van der Waals surface area contributed by atoms with Crippen molar-refractivity contribution in [3.63, 3.8) is 0 Å². The quantitative estimate of drug-likeness (QED) is 0.676. The number of hydrogen-bond donors (Lipinski definition) is 2. The Morgan fingerprint density at radius 2 is 1.89 bits per heavy atom. The van der Waals surface area contributed by atoms with Gasteiger partial charge in [-0.1, -0.05) is 35.1 Å². The maximum Gasteiger partial charge on any atom is 0.235 e. The number of aromatic hydroxyl groups is 1. The standard InChI is InChI=1S/C19H21ClN4O3S/c1-12-21-18-24(22-12)17(25)16(28-18)15(13-2-4-14(20)5-3-13)23-8-6-19(7-9-23)26-10-11-27-19/h2-5,15,25H,6-11H2,1H3/p+1/t15-/m0/s1. The lowest BCUT2D eigenvalue weighted by molar-refractivity contribution is -0.933. The Balaban J connectivity index is 1.52. The SMILES string of the molecule is Cc1nc2sc([C@H](c3ccc(Cl)cc3)[NH+]3CCC4(CC3)OCCO4)c(O)n2n1. The third-order valence-corrected chi connectivity index (χ3v) is 6.98. The van der Waals surface area contributed by atoms with Crippen LogP contribution in [0.15, 0.2) is 24.3 Å². The van der Waals surface area contributed by atoms with Gasteiger partial charge in [-0.25, -0.2) is 4.98 Å². The molecule has 4 heterocycles. The fraction of sp³-hybridized carbons (Fsp3) is 0.474. The normalized spacial score (nSPS) is 20.9. The van der Waals surface area contributed by atoms with Gasteiger partial charge in [-0.3, -0.25) is 0 Å². The van der Waals surface area contributed by atoms with Gasteiger partial charge < -0.3 is 19.5 Å². The van der Waals surface area contributed by atoms with Crippen molar-refractivity contribution >= 4 is 27.9 Å². The number of quaternary nitrogens is 1. The van der Waals surface area contributed by atoms with Crippen molar-refractivity contribution in [2.24, 2.45) is 0 Å². The molecule has 148 valence electrons. The summed E-state index contributed by atoms with van der Waals surface area (Å²) < 4.78 is 13.3. The van der Waals surface area contributed by atoms with Crippen molar-refractivity contribution in [3.05, 3.63) is 45.6 Å². The van der Waals surface area contributed by atoms with E-state index in [1.807, 2.05) is 31.2 Å². The molecule has 2 aliphatic heterocycles. The predicted octanol–water partition coefficient (Wildman–Crippen LogP) is 1.97. The highest BCUT2D eigenvalue weighted by molar-refractivity contribution is 7.17. The molecule has 0 unspecified atom stereocenters. The maximum atomic E-state index is 10.9. The van der Waals surface area contributed by atoms with Gasteiger partial charge in [0.2, 0.25) is 10.8 Å². The fourth-order valence-electron chi connectivity index (χ4n) is 4.29. The molecule has 0 amide bonds. The van der Waals surface area contributed by atoms with Gasteiger partial charge in [-0.05, 0) is 19.1 Å². The van der Waals surface area contributed by atoms with Gasteiger partial charge >= 0.3 is 0 Å². The highest BCUT2D eigenvalue weighted by Crippen LogP contribution is 2.36. The summed E-state index contributed by atoms with van der Waals surface area (Å²) in [5, 5.41) is 15.9. The molecule has 2 aliphatic rings. The fourth-order valence-corrected chi connectivity index (χ4v) is 5.60. The lowest BCUT2D eigenvalue weighted by atomic mass is 9.97. The second-order valence-electron chi connectivity index (χ2n) is 7.39. The van der Waals surface area contributed by atoms with Crippen molar-refractivity contribution in [1.82, 2.24) is 14.6 Å². The van der Waals surface area contributed by atoms with E-state index in [1.54, 1.807) is 0 Å². The molecule has 2 fully saturated rings. The van der Waals surface area contributed by atoms with Crippen LogP contribution in [-0.4, -0.2) is 51.8 Å². The summed E-state index contributed by atoms with van der Waals surface area (Å²) in [4.78, 5) is 7.37. The first kappa shape index (κ1) is 18.3. The molecule has 1 spiro atoms. The number of nitrogens with one attached hydrogen (secondary N) is 1. The van der Waals surface area contributed by atoms with Crippen LogP contribution in [0.2, 0.25) is 5.02 Å². The number of nitrogens with zero attached hydrogens (tertiary/aromatic N) is 3. The summed E-state index contributed by atoms with van der Waals surface area (Å²) in [6.45, 7) is 4.94. The Morgan fingerprint density at radius 1 is 1.21 bits per heavy atom. The number of piperidine rings is 1. The van der Waals surface area contributed by atoms with Crippen LogP contribution in [-0.2, 0) is 9.47 Å². The van der Waals surface area contributed by atoms with E-state index < -0.39 is 5.79 Å². The average molecular weight is 422 g/mol. The minimum atomic E-state index is -0.418. The molecule has 2 N–H and O–H groups in total. The maximum absolute atomic E-state index is 10.9. The van der Waals surface area contributed by atoms with Crippen LogP contribution < -0.4 is 4.90 Å². The van der Waals surface area contributed by atoms with Crippen molar-refractivity contribution in [1.29, 1.82) is 0 Å². The average Bonchev–Trinajstić information content (AvgIpc) is 3.37. The number of thiazole rings is 1. The molecule has 28 heavy (non-hydrogen) atoms. The van der Waals surface area contributed by atoms with Crippen molar-refractivity contribution in [2.45, 2.75) is 31.6 Å². The monoisotopic (exact) mass is 421 g/mol. The summed E-state index contributed by atoms with van der Waals surface area (Å²) in [6.07, 6.45) is 1.68. The van der Waals surface area contributed by atoms with Crippen LogP contribution in [0, 0.1) is 6.92 Å². The van der Waals surface area contributed by atoms with E-state index in [1.165, 1.54) is 20.8 Å². The number of likely N-dealkylation sites (tertiary alicyclic amines) is 1. The first-order valence-electron chi connectivity index (χ1n) is 9.48. The second-order valence-corrected chi connectivity index (χ2v) is 8.84. The van der Waals surface area contributed by atoms with Gasteiger partial charge in [0.1, 0.15) is 10.7 Å². The zero-order valence-electron chi connectivity index (χ0n) is 15.5. The van der Waals surface area contributed by atoms with E-state index in [9.17, 15) is 5.11 Å². The number of rotatable bonds is 3. The second kappa shape index (κ2) is 6.96. The van der Waals surface area contributed by atoms with E-state index in [4.69, 9.17) is 21.1 Å². The lowest BCUT2D eigenvalue weighted by Crippen LogP contribution is -3.14. The van der Waals surface area contributed by atoms with E-state index in [2.05, 4.69) is 10.1 Å².